The Bertz CT molecular complexity index is 764. The van der Waals surface area contributed by atoms with E-state index in [0.717, 1.165) is 0 Å². The lowest BCUT2D eigenvalue weighted by atomic mass is 10.3. The molecule has 0 spiro atoms. The van der Waals surface area contributed by atoms with Gasteiger partial charge in [-0.15, -0.1) is 0 Å². The fourth-order valence-corrected chi connectivity index (χ4v) is 2.01. The number of hydrogen-bond acceptors (Lipinski definition) is 4. The summed E-state index contributed by atoms with van der Waals surface area (Å²) < 4.78 is 0. The lowest BCUT2D eigenvalue weighted by molar-refractivity contribution is -0.112. The van der Waals surface area contributed by atoms with E-state index in [4.69, 9.17) is 0 Å². The first-order chi connectivity index (χ1) is 12.6. The molecule has 26 heavy (non-hydrogen) atoms. The minimum atomic E-state index is -0.177. The van der Waals surface area contributed by atoms with Crippen LogP contribution in [0.2, 0.25) is 0 Å². The first kappa shape index (κ1) is 18.8. The van der Waals surface area contributed by atoms with Gasteiger partial charge in [-0.2, -0.15) is 10.2 Å². The molecule has 2 rings (SSSR count). The minimum Gasteiger partial charge on any atom is -0.323 e. The van der Waals surface area contributed by atoms with Gasteiger partial charge >= 0.3 is 0 Å². The largest absolute Gasteiger partial charge is 0.323 e. The molecule has 2 aromatic rings. The van der Waals surface area contributed by atoms with Crippen LogP contribution in [-0.4, -0.2) is 11.8 Å². The summed E-state index contributed by atoms with van der Waals surface area (Å²) >= 11 is 0. The molecule has 0 radical (unpaired) electrons. The van der Waals surface area contributed by atoms with Gasteiger partial charge < -0.3 is 10.6 Å². The molecule has 0 aliphatic heterocycles. The van der Waals surface area contributed by atoms with Gasteiger partial charge in [0.05, 0.1) is 11.4 Å². The Morgan fingerprint density at radius 2 is 1.04 bits per heavy atom. The molecular formula is C20H20N4O2. The van der Waals surface area contributed by atoms with Crippen molar-refractivity contribution in [1.82, 2.24) is 0 Å². The average molecular weight is 348 g/mol. The molecule has 0 aliphatic carbocycles. The highest BCUT2D eigenvalue weighted by Gasteiger charge is 1.99. The van der Waals surface area contributed by atoms with Gasteiger partial charge in [0.25, 0.3) is 0 Å². The number of amides is 2. The Kier molecular flexibility index (Phi) is 7.00. The highest BCUT2D eigenvalue weighted by Crippen LogP contribution is 2.21. The second-order valence-electron chi connectivity index (χ2n) is 5.27. The van der Waals surface area contributed by atoms with E-state index in [2.05, 4.69) is 20.9 Å². The number of nitrogens with one attached hydrogen (secondary N) is 2. The molecule has 2 amide bonds. The number of benzene rings is 2. The summed E-state index contributed by atoms with van der Waals surface area (Å²) in [5.74, 6) is -0.355. The molecular weight excluding hydrogens is 328 g/mol. The minimum absolute atomic E-state index is 0.177. The van der Waals surface area contributed by atoms with Crippen molar-refractivity contribution in [2.75, 3.05) is 10.6 Å². The monoisotopic (exact) mass is 348 g/mol. The Morgan fingerprint density at radius 1 is 0.692 bits per heavy atom. The molecule has 132 valence electrons. The van der Waals surface area contributed by atoms with E-state index in [-0.39, 0.29) is 11.8 Å². The predicted molar refractivity (Wildman–Crippen MR) is 104 cm³/mol. The van der Waals surface area contributed by atoms with Gasteiger partial charge in [-0.1, -0.05) is 12.2 Å². The number of carbonyl (C=O) groups is 2. The summed E-state index contributed by atoms with van der Waals surface area (Å²) in [6.07, 6.45) is 6.26. The third-order valence-electron chi connectivity index (χ3n) is 3.19. The average Bonchev–Trinajstić information content (AvgIpc) is 2.63. The van der Waals surface area contributed by atoms with Crippen LogP contribution in [0, 0.1) is 0 Å². The molecule has 0 atom stereocenters. The Labute approximate surface area is 152 Å². The zero-order valence-electron chi connectivity index (χ0n) is 14.6. The Balaban J connectivity index is 1.96. The van der Waals surface area contributed by atoms with Crippen LogP contribution >= 0.6 is 0 Å². The van der Waals surface area contributed by atoms with Crippen molar-refractivity contribution in [3.05, 3.63) is 72.8 Å². The standard InChI is InChI=1S/C20H20N4O2/c1-3-5-19(25)21-15-7-11-17(12-8-15)23-24-18-13-9-16(10-14-18)22-20(26)6-4-2/h3-14H,1-2H3,(H,21,25)(H,22,26). The molecule has 2 aromatic carbocycles. The zero-order chi connectivity index (χ0) is 18.8. The molecule has 0 fully saturated rings. The molecule has 2 N–H and O–H groups in total. The summed E-state index contributed by atoms with van der Waals surface area (Å²) in [5, 5.41) is 13.8. The topological polar surface area (TPSA) is 82.9 Å². The lowest BCUT2D eigenvalue weighted by Crippen LogP contribution is -2.07. The number of rotatable bonds is 6. The number of anilines is 2. The molecule has 0 heterocycles. The fourth-order valence-electron chi connectivity index (χ4n) is 2.01. The Morgan fingerprint density at radius 3 is 1.35 bits per heavy atom. The maximum Gasteiger partial charge on any atom is 0.248 e. The van der Waals surface area contributed by atoms with Crippen LogP contribution in [0.3, 0.4) is 0 Å². The van der Waals surface area contributed by atoms with E-state index < -0.39 is 0 Å². The summed E-state index contributed by atoms with van der Waals surface area (Å²) in [5.41, 5.74) is 2.71. The molecule has 0 saturated heterocycles. The van der Waals surface area contributed by atoms with Crippen LogP contribution in [-0.2, 0) is 9.59 Å². The fraction of sp³-hybridized carbons (Fsp3) is 0.100. The molecule has 6 nitrogen and oxygen atoms in total. The van der Waals surface area contributed by atoms with Crippen LogP contribution < -0.4 is 10.6 Å². The predicted octanol–water partition coefficient (Wildman–Crippen LogP) is 5.13. The van der Waals surface area contributed by atoms with Gasteiger partial charge in [-0.05, 0) is 74.5 Å². The van der Waals surface area contributed by atoms with E-state index in [0.29, 0.717) is 22.7 Å². The quantitative estimate of drug-likeness (QED) is 0.560. The van der Waals surface area contributed by atoms with Gasteiger partial charge in [0.15, 0.2) is 0 Å². The van der Waals surface area contributed by atoms with E-state index in [1.165, 1.54) is 12.2 Å². The first-order valence-corrected chi connectivity index (χ1v) is 8.10. The van der Waals surface area contributed by atoms with E-state index in [9.17, 15) is 9.59 Å². The van der Waals surface area contributed by atoms with E-state index >= 15 is 0 Å². The van der Waals surface area contributed by atoms with Gasteiger partial charge in [-0.25, -0.2) is 0 Å². The third kappa shape index (κ3) is 6.16. The highest BCUT2D eigenvalue weighted by molar-refractivity contribution is 5.99. The second kappa shape index (κ2) is 9.68. The van der Waals surface area contributed by atoms with Crippen LogP contribution in [0.1, 0.15) is 13.8 Å². The van der Waals surface area contributed by atoms with Crippen molar-refractivity contribution in [2.45, 2.75) is 13.8 Å². The number of azo groups is 1. The van der Waals surface area contributed by atoms with Crippen molar-refractivity contribution in [1.29, 1.82) is 0 Å². The highest BCUT2D eigenvalue weighted by atomic mass is 16.2. The SMILES string of the molecule is CC=CC(=O)Nc1ccc(N=Nc2ccc(NC(=O)C=CC)cc2)cc1. The summed E-state index contributed by atoms with van der Waals surface area (Å²) in [4.78, 5) is 22.9. The molecule has 0 aromatic heterocycles. The first-order valence-electron chi connectivity index (χ1n) is 8.10. The molecule has 0 saturated carbocycles. The number of allylic oxidation sites excluding steroid dienone is 2. The summed E-state index contributed by atoms with van der Waals surface area (Å²) in [6, 6.07) is 14.1. The van der Waals surface area contributed by atoms with E-state index in [1.807, 2.05) is 0 Å². The molecule has 0 aliphatic rings. The van der Waals surface area contributed by atoms with Crippen molar-refractivity contribution >= 4 is 34.6 Å². The van der Waals surface area contributed by atoms with E-state index in [1.54, 1.807) is 74.5 Å². The van der Waals surface area contributed by atoms with Crippen molar-refractivity contribution in [2.24, 2.45) is 10.2 Å². The molecule has 0 bridgehead atoms. The van der Waals surface area contributed by atoms with Crippen LogP contribution in [0.15, 0.2) is 83.1 Å². The van der Waals surface area contributed by atoms with Gasteiger partial charge in [0.2, 0.25) is 11.8 Å². The Hall–Kier alpha value is -3.54. The normalized spacial score (nSPS) is 11.3. The van der Waals surface area contributed by atoms with Crippen molar-refractivity contribution in [3.63, 3.8) is 0 Å². The number of hydrogen-bond donors (Lipinski definition) is 2. The maximum absolute atomic E-state index is 11.5. The maximum atomic E-state index is 11.5. The number of nitrogens with zero attached hydrogens (tertiary/aromatic N) is 2. The van der Waals surface area contributed by atoms with Crippen LogP contribution in [0.25, 0.3) is 0 Å². The zero-order valence-corrected chi connectivity index (χ0v) is 14.6. The van der Waals surface area contributed by atoms with Crippen molar-refractivity contribution in [3.8, 4) is 0 Å². The van der Waals surface area contributed by atoms with Gasteiger partial charge in [0.1, 0.15) is 0 Å². The smallest absolute Gasteiger partial charge is 0.248 e. The lowest BCUT2D eigenvalue weighted by Gasteiger charge is -2.02. The number of carbonyl (C=O) groups excluding carboxylic acids is 2. The molecule has 0 unspecified atom stereocenters. The summed E-state index contributed by atoms with van der Waals surface area (Å²) in [6.45, 7) is 3.57. The van der Waals surface area contributed by atoms with Crippen LogP contribution in [0.5, 0.6) is 0 Å². The second-order valence-corrected chi connectivity index (χ2v) is 5.27. The van der Waals surface area contributed by atoms with Crippen molar-refractivity contribution < 1.29 is 9.59 Å². The molecule has 6 heteroatoms. The van der Waals surface area contributed by atoms with Gasteiger partial charge in [0, 0.05) is 11.4 Å². The van der Waals surface area contributed by atoms with Crippen LogP contribution in [0.4, 0.5) is 22.7 Å². The van der Waals surface area contributed by atoms with Gasteiger partial charge in [-0.3, -0.25) is 9.59 Å². The third-order valence-corrected chi connectivity index (χ3v) is 3.19. The summed E-state index contributed by atoms with van der Waals surface area (Å²) in [7, 11) is 0.